The van der Waals surface area contributed by atoms with Crippen molar-refractivity contribution in [1.82, 2.24) is 9.97 Å². The molecule has 0 radical (unpaired) electrons. The lowest BCUT2D eigenvalue weighted by Gasteiger charge is -2.12. The molecule has 0 aliphatic rings. The summed E-state index contributed by atoms with van der Waals surface area (Å²) in [5.41, 5.74) is 2.52. The number of aromatic nitrogens is 2. The summed E-state index contributed by atoms with van der Waals surface area (Å²) >= 11 is 0. The maximum atomic E-state index is 11.5. The van der Waals surface area contributed by atoms with Crippen LogP contribution in [-0.4, -0.2) is 22.3 Å². The van der Waals surface area contributed by atoms with Gasteiger partial charge in [-0.05, 0) is 43.5 Å². The molecule has 1 heterocycles. The van der Waals surface area contributed by atoms with Gasteiger partial charge >= 0.3 is 0 Å². The minimum Gasteiger partial charge on any atom is -0.370 e. The van der Waals surface area contributed by atoms with E-state index in [-0.39, 0.29) is 5.78 Å². The van der Waals surface area contributed by atoms with Crippen molar-refractivity contribution in [2.45, 2.75) is 27.2 Å². The summed E-state index contributed by atoms with van der Waals surface area (Å²) in [5.74, 6) is 2.84. The van der Waals surface area contributed by atoms with E-state index in [2.05, 4.69) is 34.4 Å². The highest BCUT2D eigenvalue weighted by Gasteiger charge is 2.08. The average Bonchev–Trinajstić information content (AvgIpc) is 2.68. The zero-order valence-corrected chi connectivity index (χ0v) is 16.6. The van der Waals surface area contributed by atoms with E-state index in [1.165, 1.54) is 0 Å². The summed E-state index contributed by atoms with van der Waals surface area (Å²) in [6, 6.07) is 19.2. The number of Topliss-reactive ketones (excluding diaryl/α,β-unsaturated/α-hetero) is 1. The van der Waals surface area contributed by atoms with Crippen LogP contribution in [-0.2, 0) is 0 Å². The molecule has 0 aliphatic carbocycles. The predicted octanol–water partition coefficient (Wildman–Crippen LogP) is 5.55. The minimum atomic E-state index is 0.0524. The molecule has 0 amide bonds. The number of nitrogens with zero attached hydrogens (tertiary/aromatic N) is 2. The average molecular weight is 374 g/mol. The Morgan fingerprint density at radius 3 is 2.29 bits per heavy atom. The Morgan fingerprint density at radius 1 is 0.964 bits per heavy atom. The number of carbonyl (C=O) groups is 1. The number of benzene rings is 2. The van der Waals surface area contributed by atoms with E-state index < -0.39 is 0 Å². The van der Waals surface area contributed by atoms with Crippen LogP contribution in [0, 0.1) is 5.92 Å². The van der Waals surface area contributed by atoms with Gasteiger partial charge in [0, 0.05) is 29.4 Å². The second-order valence-corrected chi connectivity index (χ2v) is 7.20. The molecule has 0 saturated carbocycles. The van der Waals surface area contributed by atoms with Crippen LogP contribution in [0.15, 0.2) is 60.7 Å². The first-order chi connectivity index (χ1) is 13.5. The number of rotatable bonds is 8. The zero-order chi connectivity index (χ0) is 19.9. The minimum absolute atomic E-state index is 0.0524. The maximum Gasteiger partial charge on any atom is 0.163 e. The summed E-state index contributed by atoms with van der Waals surface area (Å²) in [7, 11) is 0. The third-order valence-corrected chi connectivity index (χ3v) is 4.35. The fourth-order valence-corrected chi connectivity index (χ4v) is 2.74. The molecular weight excluding hydrogens is 348 g/mol. The molecule has 0 aliphatic heterocycles. The van der Waals surface area contributed by atoms with Gasteiger partial charge in [-0.3, -0.25) is 4.79 Å². The van der Waals surface area contributed by atoms with Crippen molar-refractivity contribution in [3.63, 3.8) is 0 Å². The second kappa shape index (κ2) is 9.13. The van der Waals surface area contributed by atoms with E-state index in [1.54, 1.807) is 6.92 Å². The van der Waals surface area contributed by atoms with Gasteiger partial charge in [0.05, 0.1) is 0 Å². The lowest BCUT2D eigenvalue weighted by atomic mass is 10.1. The first-order valence-corrected chi connectivity index (χ1v) is 9.57. The predicted molar refractivity (Wildman–Crippen MR) is 115 cm³/mol. The molecule has 2 aromatic carbocycles. The van der Waals surface area contributed by atoms with Crippen molar-refractivity contribution in [1.29, 1.82) is 0 Å². The van der Waals surface area contributed by atoms with Crippen molar-refractivity contribution in [2.75, 3.05) is 17.2 Å². The molecular formula is C23H26N4O. The summed E-state index contributed by atoms with van der Waals surface area (Å²) < 4.78 is 0. The van der Waals surface area contributed by atoms with Crippen LogP contribution in [0.25, 0.3) is 11.4 Å². The summed E-state index contributed by atoms with van der Waals surface area (Å²) in [4.78, 5) is 20.8. The smallest absolute Gasteiger partial charge is 0.163 e. The highest BCUT2D eigenvalue weighted by atomic mass is 16.1. The maximum absolute atomic E-state index is 11.5. The number of anilines is 3. The van der Waals surface area contributed by atoms with Crippen molar-refractivity contribution in [3.05, 3.63) is 66.2 Å². The van der Waals surface area contributed by atoms with Gasteiger partial charge in [0.2, 0.25) is 0 Å². The molecule has 0 fully saturated rings. The number of carbonyl (C=O) groups excluding carboxylic acids is 1. The fourth-order valence-electron chi connectivity index (χ4n) is 2.74. The Morgan fingerprint density at radius 2 is 1.64 bits per heavy atom. The van der Waals surface area contributed by atoms with E-state index in [0.29, 0.717) is 23.1 Å². The third-order valence-electron chi connectivity index (χ3n) is 4.35. The molecule has 144 valence electrons. The molecule has 0 saturated heterocycles. The van der Waals surface area contributed by atoms with Crippen LogP contribution >= 0.6 is 0 Å². The van der Waals surface area contributed by atoms with Crippen molar-refractivity contribution < 1.29 is 4.79 Å². The molecule has 28 heavy (non-hydrogen) atoms. The van der Waals surface area contributed by atoms with Gasteiger partial charge in [0.15, 0.2) is 11.6 Å². The van der Waals surface area contributed by atoms with Crippen LogP contribution in [0.5, 0.6) is 0 Å². The van der Waals surface area contributed by atoms with Crippen LogP contribution in [0.3, 0.4) is 0 Å². The van der Waals surface area contributed by atoms with Gasteiger partial charge in [0.1, 0.15) is 11.6 Å². The number of nitrogens with one attached hydrogen (secondary N) is 2. The SMILES string of the molecule is CC(=O)c1ccc(Nc2cc(NCCC(C)C)nc(-c3ccccc3)n2)cc1. The molecule has 5 heteroatoms. The lowest BCUT2D eigenvalue weighted by molar-refractivity contribution is 0.101. The van der Waals surface area contributed by atoms with Crippen LogP contribution in [0.2, 0.25) is 0 Å². The van der Waals surface area contributed by atoms with E-state index in [4.69, 9.17) is 0 Å². The zero-order valence-electron chi connectivity index (χ0n) is 16.6. The van der Waals surface area contributed by atoms with Gasteiger partial charge in [-0.2, -0.15) is 0 Å². The molecule has 3 rings (SSSR count). The molecule has 1 aromatic heterocycles. The Labute approximate surface area is 166 Å². The van der Waals surface area contributed by atoms with E-state index in [9.17, 15) is 4.79 Å². The van der Waals surface area contributed by atoms with Crippen LogP contribution < -0.4 is 10.6 Å². The Balaban J connectivity index is 1.86. The van der Waals surface area contributed by atoms with Crippen LogP contribution in [0.4, 0.5) is 17.3 Å². The van der Waals surface area contributed by atoms with Gasteiger partial charge in [-0.1, -0.05) is 44.2 Å². The molecule has 0 unspecified atom stereocenters. The summed E-state index contributed by atoms with van der Waals surface area (Å²) in [5, 5.41) is 6.72. The first kappa shape index (κ1) is 19.5. The van der Waals surface area contributed by atoms with Crippen molar-refractivity contribution in [2.24, 2.45) is 5.92 Å². The van der Waals surface area contributed by atoms with Gasteiger partial charge in [-0.25, -0.2) is 9.97 Å². The normalized spacial score (nSPS) is 10.7. The molecule has 5 nitrogen and oxygen atoms in total. The Bertz CT molecular complexity index is 921. The number of ketones is 1. The highest BCUT2D eigenvalue weighted by Crippen LogP contribution is 2.23. The monoisotopic (exact) mass is 374 g/mol. The van der Waals surface area contributed by atoms with Crippen molar-refractivity contribution in [3.8, 4) is 11.4 Å². The van der Waals surface area contributed by atoms with E-state index in [0.717, 1.165) is 30.0 Å². The quantitative estimate of drug-likeness (QED) is 0.506. The lowest BCUT2D eigenvalue weighted by Crippen LogP contribution is -2.08. The first-order valence-electron chi connectivity index (χ1n) is 9.57. The number of hydrogen-bond donors (Lipinski definition) is 2. The topological polar surface area (TPSA) is 66.9 Å². The van der Waals surface area contributed by atoms with Crippen molar-refractivity contribution >= 4 is 23.1 Å². The Kier molecular flexibility index (Phi) is 6.37. The standard InChI is InChI=1S/C23H26N4O/c1-16(2)13-14-24-21-15-22(25-20-11-9-18(10-12-20)17(3)28)27-23(26-21)19-7-5-4-6-8-19/h4-12,15-16H,13-14H2,1-3H3,(H2,24,25,26,27). The largest absolute Gasteiger partial charge is 0.370 e. The highest BCUT2D eigenvalue weighted by molar-refractivity contribution is 5.94. The molecule has 3 aromatic rings. The molecule has 0 spiro atoms. The molecule has 0 atom stereocenters. The molecule has 2 N–H and O–H groups in total. The fraction of sp³-hybridized carbons (Fsp3) is 0.261. The summed E-state index contributed by atoms with van der Waals surface area (Å²) in [6.07, 6.45) is 1.07. The van der Waals surface area contributed by atoms with Gasteiger partial charge < -0.3 is 10.6 Å². The van der Waals surface area contributed by atoms with Crippen LogP contribution in [0.1, 0.15) is 37.6 Å². The molecule has 0 bridgehead atoms. The van der Waals surface area contributed by atoms with E-state index >= 15 is 0 Å². The second-order valence-electron chi connectivity index (χ2n) is 7.20. The Hall–Kier alpha value is -3.21. The van der Waals surface area contributed by atoms with Gasteiger partial charge in [-0.15, -0.1) is 0 Å². The third kappa shape index (κ3) is 5.39. The van der Waals surface area contributed by atoms with E-state index in [1.807, 2.05) is 60.7 Å². The number of hydrogen-bond acceptors (Lipinski definition) is 5. The van der Waals surface area contributed by atoms with Gasteiger partial charge in [0.25, 0.3) is 0 Å². The summed E-state index contributed by atoms with van der Waals surface area (Å²) in [6.45, 7) is 6.83.